The van der Waals surface area contributed by atoms with Crippen LogP contribution in [0.3, 0.4) is 0 Å². The van der Waals surface area contributed by atoms with Gasteiger partial charge in [-0.3, -0.25) is 9.59 Å². The molecule has 0 saturated carbocycles. The summed E-state index contributed by atoms with van der Waals surface area (Å²) in [6.45, 7) is 2.33. The molecule has 1 atom stereocenters. The lowest BCUT2D eigenvalue weighted by atomic mass is 9.98. The fourth-order valence-corrected chi connectivity index (χ4v) is 3.05. The van der Waals surface area contributed by atoms with E-state index in [0.29, 0.717) is 36.8 Å². The Balaban J connectivity index is 1.74. The molecule has 2 aliphatic heterocycles. The smallest absolute Gasteiger partial charge is 0.229 e. The number of aromatic nitrogens is 2. The van der Waals surface area contributed by atoms with Gasteiger partial charge < -0.3 is 20.4 Å². The van der Waals surface area contributed by atoms with E-state index in [9.17, 15) is 9.59 Å². The average Bonchev–Trinajstić information content (AvgIpc) is 3.10. The standard InChI is InChI=1S/C16H24N6O2/c1-21(2)14-12(10-18-16(20-14)22-7-3-4-8-22)19-15(24)11-5-6-13(23)17-9-11/h10-11H,3-9H2,1-2H3,(H,17,23)(H,19,24). The summed E-state index contributed by atoms with van der Waals surface area (Å²) in [4.78, 5) is 36.7. The average molecular weight is 332 g/mol. The van der Waals surface area contributed by atoms with Gasteiger partial charge in [0.25, 0.3) is 0 Å². The fraction of sp³-hybridized carbons (Fsp3) is 0.625. The van der Waals surface area contributed by atoms with Crippen molar-refractivity contribution in [1.29, 1.82) is 0 Å². The molecular formula is C16H24N6O2. The van der Waals surface area contributed by atoms with Crippen LogP contribution in [0, 0.1) is 5.92 Å². The quantitative estimate of drug-likeness (QED) is 0.839. The first-order valence-corrected chi connectivity index (χ1v) is 8.41. The summed E-state index contributed by atoms with van der Waals surface area (Å²) >= 11 is 0. The summed E-state index contributed by atoms with van der Waals surface area (Å²) in [5.74, 6) is 1.09. The van der Waals surface area contributed by atoms with Crippen LogP contribution in [-0.4, -0.2) is 55.5 Å². The molecule has 3 heterocycles. The topological polar surface area (TPSA) is 90.5 Å². The zero-order valence-corrected chi connectivity index (χ0v) is 14.2. The number of carbonyl (C=O) groups is 2. The predicted octanol–water partition coefficient (Wildman–Crippen LogP) is 0.608. The van der Waals surface area contributed by atoms with Crippen molar-refractivity contribution in [2.75, 3.05) is 48.8 Å². The minimum Gasteiger partial charge on any atom is -0.361 e. The number of amides is 2. The SMILES string of the molecule is CN(C)c1nc(N2CCCC2)ncc1NC(=O)C1CCC(=O)NC1. The van der Waals surface area contributed by atoms with Crippen molar-refractivity contribution in [3.63, 3.8) is 0 Å². The van der Waals surface area contributed by atoms with Gasteiger partial charge in [-0.1, -0.05) is 0 Å². The van der Waals surface area contributed by atoms with Gasteiger partial charge in [-0.05, 0) is 19.3 Å². The predicted molar refractivity (Wildman–Crippen MR) is 92.2 cm³/mol. The molecule has 0 spiro atoms. The van der Waals surface area contributed by atoms with Crippen LogP contribution < -0.4 is 20.4 Å². The van der Waals surface area contributed by atoms with Gasteiger partial charge in [0.15, 0.2) is 5.82 Å². The van der Waals surface area contributed by atoms with Gasteiger partial charge in [-0.15, -0.1) is 0 Å². The molecule has 2 aliphatic rings. The van der Waals surface area contributed by atoms with Crippen molar-refractivity contribution >= 4 is 29.3 Å². The Morgan fingerprint density at radius 3 is 2.75 bits per heavy atom. The number of carbonyl (C=O) groups excluding carboxylic acids is 2. The van der Waals surface area contributed by atoms with Gasteiger partial charge in [0.2, 0.25) is 17.8 Å². The summed E-state index contributed by atoms with van der Waals surface area (Å²) in [7, 11) is 3.79. The van der Waals surface area contributed by atoms with Crippen LogP contribution in [0.4, 0.5) is 17.5 Å². The molecule has 2 saturated heterocycles. The lowest BCUT2D eigenvalue weighted by Gasteiger charge is -2.24. The second-order valence-corrected chi connectivity index (χ2v) is 6.52. The number of rotatable bonds is 4. The Bertz CT molecular complexity index is 617. The first-order valence-electron chi connectivity index (χ1n) is 8.41. The summed E-state index contributed by atoms with van der Waals surface area (Å²) < 4.78 is 0. The fourth-order valence-electron chi connectivity index (χ4n) is 3.05. The Kier molecular flexibility index (Phi) is 4.82. The van der Waals surface area contributed by atoms with Gasteiger partial charge in [0.1, 0.15) is 5.69 Å². The van der Waals surface area contributed by atoms with Crippen LogP contribution in [0.1, 0.15) is 25.7 Å². The molecule has 24 heavy (non-hydrogen) atoms. The van der Waals surface area contributed by atoms with E-state index in [4.69, 9.17) is 0 Å². The molecule has 8 nitrogen and oxygen atoms in total. The molecule has 3 rings (SSSR count). The molecule has 0 bridgehead atoms. The van der Waals surface area contributed by atoms with Gasteiger partial charge in [0.05, 0.1) is 12.1 Å². The second-order valence-electron chi connectivity index (χ2n) is 6.52. The molecule has 0 aliphatic carbocycles. The molecule has 0 radical (unpaired) electrons. The van der Waals surface area contributed by atoms with Gasteiger partial charge in [-0.2, -0.15) is 4.98 Å². The Labute approximate surface area is 141 Å². The van der Waals surface area contributed by atoms with Crippen LogP contribution >= 0.6 is 0 Å². The molecule has 1 unspecified atom stereocenters. The highest BCUT2D eigenvalue weighted by Crippen LogP contribution is 2.26. The van der Waals surface area contributed by atoms with Crippen LogP contribution in [0.5, 0.6) is 0 Å². The van der Waals surface area contributed by atoms with E-state index >= 15 is 0 Å². The van der Waals surface area contributed by atoms with Crippen molar-refractivity contribution in [3.05, 3.63) is 6.20 Å². The van der Waals surface area contributed by atoms with E-state index in [2.05, 4.69) is 25.5 Å². The Morgan fingerprint density at radius 2 is 2.12 bits per heavy atom. The minimum absolute atomic E-state index is 0.00586. The molecule has 1 aromatic rings. The number of nitrogens with one attached hydrogen (secondary N) is 2. The largest absolute Gasteiger partial charge is 0.361 e. The van der Waals surface area contributed by atoms with Crippen LogP contribution in [-0.2, 0) is 9.59 Å². The molecule has 2 amide bonds. The third-order valence-corrected chi connectivity index (χ3v) is 4.46. The van der Waals surface area contributed by atoms with Crippen molar-refractivity contribution in [1.82, 2.24) is 15.3 Å². The second kappa shape index (κ2) is 7.02. The lowest BCUT2D eigenvalue weighted by Crippen LogP contribution is -2.40. The van der Waals surface area contributed by atoms with Crippen molar-refractivity contribution in [3.8, 4) is 0 Å². The van der Waals surface area contributed by atoms with Gasteiger partial charge in [-0.25, -0.2) is 4.98 Å². The maximum atomic E-state index is 12.4. The van der Waals surface area contributed by atoms with Crippen molar-refractivity contribution < 1.29 is 9.59 Å². The lowest BCUT2D eigenvalue weighted by molar-refractivity contribution is -0.126. The number of piperidine rings is 1. The molecule has 130 valence electrons. The van der Waals surface area contributed by atoms with E-state index in [1.165, 1.54) is 0 Å². The van der Waals surface area contributed by atoms with Crippen LogP contribution in [0.15, 0.2) is 6.20 Å². The Hall–Kier alpha value is -2.38. The molecule has 8 heteroatoms. The number of nitrogens with zero attached hydrogens (tertiary/aromatic N) is 4. The Morgan fingerprint density at radius 1 is 1.38 bits per heavy atom. The van der Waals surface area contributed by atoms with E-state index in [1.54, 1.807) is 6.20 Å². The zero-order chi connectivity index (χ0) is 17.1. The highest BCUT2D eigenvalue weighted by molar-refractivity contribution is 5.96. The maximum absolute atomic E-state index is 12.4. The van der Waals surface area contributed by atoms with E-state index < -0.39 is 0 Å². The van der Waals surface area contributed by atoms with Crippen LogP contribution in [0.25, 0.3) is 0 Å². The number of hydrogen-bond donors (Lipinski definition) is 2. The van der Waals surface area contributed by atoms with Crippen molar-refractivity contribution in [2.24, 2.45) is 5.92 Å². The normalized spacial score (nSPS) is 20.7. The van der Waals surface area contributed by atoms with Crippen LogP contribution in [0.2, 0.25) is 0 Å². The van der Waals surface area contributed by atoms with E-state index in [0.717, 1.165) is 25.9 Å². The van der Waals surface area contributed by atoms with Crippen molar-refractivity contribution in [2.45, 2.75) is 25.7 Å². The minimum atomic E-state index is -0.212. The highest BCUT2D eigenvalue weighted by atomic mass is 16.2. The maximum Gasteiger partial charge on any atom is 0.229 e. The number of hydrogen-bond acceptors (Lipinski definition) is 6. The number of anilines is 3. The first-order chi connectivity index (χ1) is 11.5. The van der Waals surface area contributed by atoms with E-state index in [1.807, 2.05) is 19.0 Å². The summed E-state index contributed by atoms with van der Waals surface area (Å²) in [5.41, 5.74) is 0.602. The molecular weight excluding hydrogens is 308 g/mol. The summed E-state index contributed by atoms with van der Waals surface area (Å²) in [5, 5.41) is 5.65. The third kappa shape index (κ3) is 3.58. The van der Waals surface area contributed by atoms with Gasteiger partial charge >= 0.3 is 0 Å². The zero-order valence-electron chi connectivity index (χ0n) is 14.2. The molecule has 2 N–H and O–H groups in total. The highest BCUT2D eigenvalue weighted by Gasteiger charge is 2.26. The molecule has 0 aromatic carbocycles. The summed E-state index contributed by atoms with van der Waals surface area (Å²) in [6, 6.07) is 0. The first kappa shape index (κ1) is 16.5. The molecule has 2 fully saturated rings. The molecule has 1 aromatic heterocycles. The third-order valence-electron chi connectivity index (χ3n) is 4.46. The summed E-state index contributed by atoms with van der Waals surface area (Å²) in [6.07, 6.45) is 4.96. The van der Waals surface area contributed by atoms with E-state index in [-0.39, 0.29) is 17.7 Å². The monoisotopic (exact) mass is 332 g/mol. The van der Waals surface area contributed by atoms with Gasteiger partial charge in [0, 0.05) is 40.2 Å².